The summed E-state index contributed by atoms with van der Waals surface area (Å²) in [4.78, 5) is 12.3. The van der Waals surface area contributed by atoms with E-state index in [1.54, 1.807) is 0 Å². The van der Waals surface area contributed by atoms with Crippen LogP contribution in [-0.2, 0) is 11.3 Å². The standard InChI is InChI=1S/C15H21ClN2O/c1-15(2)8-5-9-17-13(15)14(19)18-10-11-6-3-4-7-12(11)16/h3-4,6-7,13,17H,5,8-10H2,1-2H3,(H,18,19). The van der Waals surface area contributed by atoms with Gasteiger partial charge in [0.05, 0.1) is 6.04 Å². The number of rotatable bonds is 3. The van der Waals surface area contributed by atoms with Crippen molar-refractivity contribution in [1.29, 1.82) is 0 Å². The normalized spacial score (nSPS) is 21.9. The van der Waals surface area contributed by atoms with Gasteiger partial charge in [-0.05, 0) is 36.4 Å². The lowest BCUT2D eigenvalue weighted by Gasteiger charge is -2.38. The maximum Gasteiger partial charge on any atom is 0.237 e. The highest BCUT2D eigenvalue weighted by atomic mass is 35.5. The van der Waals surface area contributed by atoms with Gasteiger partial charge in [-0.25, -0.2) is 0 Å². The van der Waals surface area contributed by atoms with E-state index in [2.05, 4.69) is 24.5 Å². The third kappa shape index (κ3) is 3.48. The number of carbonyl (C=O) groups excluding carboxylic acids is 1. The van der Waals surface area contributed by atoms with Gasteiger partial charge in [0.2, 0.25) is 5.91 Å². The van der Waals surface area contributed by atoms with Gasteiger partial charge in [-0.1, -0.05) is 43.6 Å². The molecule has 1 aliphatic rings. The quantitative estimate of drug-likeness (QED) is 0.894. The van der Waals surface area contributed by atoms with Gasteiger partial charge in [0.15, 0.2) is 0 Å². The third-order valence-corrected chi connectivity index (χ3v) is 4.17. The largest absolute Gasteiger partial charge is 0.351 e. The predicted octanol–water partition coefficient (Wildman–Crippen LogP) is 2.73. The molecule has 1 fully saturated rings. The molecule has 0 radical (unpaired) electrons. The highest BCUT2D eigenvalue weighted by Crippen LogP contribution is 2.30. The summed E-state index contributed by atoms with van der Waals surface area (Å²) in [6.07, 6.45) is 2.20. The molecule has 0 bridgehead atoms. The molecule has 0 saturated carbocycles. The van der Waals surface area contributed by atoms with Crippen LogP contribution in [0.25, 0.3) is 0 Å². The van der Waals surface area contributed by atoms with E-state index in [1.807, 2.05) is 24.3 Å². The number of hydrogen-bond donors (Lipinski definition) is 2. The Labute approximate surface area is 119 Å². The number of benzene rings is 1. The number of hydrogen-bond acceptors (Lipinski definition) is 2. The fraction of sp³-hybridized carbons (Fsp3) is 0.533. The molecule has 3 nitrogen and oxygen atoms in total. The van der Waals surface area contributed by atoms with Crippen molar-refractivity contribution >= 4 is 17.5 Å². The van der Waals surface area contributed by atoms with Crippen LogP contribution in [0, 0.1) is 5.41 Å². The van der Waals surface area contributed by atoms with Crippen molar-refractivity contribution < 1.29 is 4.79 Å². The number of nitrogens with one attached hydrogen (secondary N) is 2. The van der Waals surface area contributed by atoms with Gasteiger partial charge >= 0.3 is 0 Å². The van der Waals surface area contributed by atoms with Crippen LogP contribution in [0.3, 0.4) is 0 Å². The van der Waals surface area contributed by atoms with Crippen molar-refractivity contribution in [2.24, 2.45) is 5.41 Å². The van der Waals surface area contributed by atoms with Crippen LogP contribution < -0.4 is 10.6 Å². The first kappa shape index (κ1) is 14.4. The van der Waals surface area contributed by atoms with E-state index in [4.69, 9.17) is 11.6 Å². The van der Waals surface area contributed by atoms with E-state index in [9.17, 15) is 4.79 Å². The van der Waals surface area contributed by atoms with Crippen molar-refractivity contribution in [1.82, 2.24) is 10.6 Å². The van der Waals surface area contributed by atoms with E-state index in [0.29, 0.717) is 11.6 Å². The van der Waals surface area contributed by atoms with Gasteiger partial charge in [0.25, 0.3) is 0 Å². The summed E-state index contributed by atoms with van der Waals surface area (Å²) in [5.41, 5.74) is 0.953. The van der Waals surface area contributed by atoms with E-state index < -0.39 is 0 Å². The first-order valence-corrected chi connectivity index (χ1v) is 7.13. The van der Waals surface area contributed by atoms with E-state index >= 15 is 0 Å². The van der Waals surface area contributed by atoms with E-state index in [-0.39, 0.29) is 17.4 Å². The molecule has 1 saturated heterocycles. The first-order chi connectivity index (χ1) is 9.00. The molecule has 2 N–H and O–H groups in total. The van der Waals surface area contributed by atoms with Gasteiger partial charge < -0.3 is 10.6 Å². The monoisotopic (exact) mass is 280 g/mol. The van der Waals surface area contributed by atoms with Crippen molar-refractivity contribution in [3.63, 3.8) is 0 Å². The zero-order valence-electron chi connectivity index (χ0n) is 11.5. The number of halogens is 1. The highest BCUT2D eigenvalue weighted by molar-refractivity contribution is 6.31. The molecule has 19 heavy (non-hydrogen) atoms. The molecule has 0 aromatic heterocycles. The summed E-state index contributed by atoms with van der Waals surface area (Å²) in [7, 11) is 0. The highest BCUT2D eigenvalue weighted by Gasteiger charge is 2.36. The number of piperidine rings is 1. The Kier molecular flexibility index (Phi) is 4.48. The number of carbonyl (C=O) groups is 1. The van der Waals surface area contributed by atoms with Gasteiger partial charge in [0.1, 0.15) is 0 Å². The van der Waals surface area contributed by atoms with Gasteiger partial charge in [0, 0.05) is 11.6 Å². The molecule has 1 unspecified atom stereocenters. The zero-order valence-corrected chi connectivity index (χ0v) is 12.3. The fourth-order valence-electron chi connectivity index (χ4n) is 2.58. The Bertz CT molecular complexity index is 459. The molecule has 0 spiro atoms. The lowest BCUT2D eigenvalue weighted by atomic mass is 9.77. The van der Waals surface area contributed by atoms with E-state index in [1.165, 1.54) is 0 Å². The molecule has 0 aliphatic carbocycles. The van der Waals surface area contributed by atoms with Crippen LogP contribution in [0.1, 0.15) is 32.3 Å². The van der Waals surface area contributed by atoms with E-state index in [0.717, 1.165) is 24.9 Å². The van der Waals surface area contributed by atoms with Crippen LogP contribution in [0.4, 0.5) is 0 Å². The molecule has 2 rings (SSSR count). The average molecular weight is 281 g/mol. The lowest BCUT2D eigenvalue weighted by molar-refractivity contribution is -0.126. The molecule has 4 heteroatoms. The summed E-state index contributed by atoms with van der Waals surface area (Å²) in [5, 5.41) is 6.99. The van der Waals surface area contributed by atoms with Crippen LogP contribution in [-0.4, -0.2) is 18.5 Å². The van der Waals surface area contributed by atoms with Crippen LogP contribution in [0.2, 0.25) is 5.02 Å². The fourth-order valence-corrected chi connectivity index (χ4v) is 2.79. The van der Waals surface area contributed by atoms with Crippen LogP contribution in [0.15, 0.2) is 24.3 Å². The Hall–Kier alpha value is -1.06. The molecule has 104 valence electrons. The van der Waals surface area contributed by atoms with Crippen molar-refractivity contribution in [3.8, 4) is 0 Å². The Balaban J connectivity index is 1.96. The smallest absolute Gasteiger partial charge is 0.237 e. The maximum atomic E-state index is 12.3. The molecule has 1 heterocycles. The Morgan fingerprint density at radius 3 is 2.89 bits per heavy atom. The first-order valence-electron chi connectivity index (χ1n) is 6.75. The summed E-state index contributed by atoms with van der Waals surface area (Å²) in [6.45, 7) is 5.66. The van der Waals surface area contributed by atoms with Crippen molar-refractivity contribution in [2.45, 2.75) is 39.3 Å². The summed E-state index contributed by atoms with van der Waals surface area (Å²) in [5.74, 6) is 0.0598. The lowest BCUT2D eigenvalue weighted by Crippen LogP contribution is -2.55. The summed E-state index contributed by atoms with van der Waals surface area (Å²) in [6, 6.07) is 7.47. The minimum absolute atomic E-state index is 0.00279. The minimum atomic E-state index is -0.122. The molecular weight excluding hydrogens is 260 g/mol. The SMILES string of the molecule is CC1(C)CCCNC1C(=O)NCc1ccccc1Cl. The van der Waals surface area contributed by atoms with Crippen molar-refractivity contribution in [3.05, 3.63) is 34.9 Å². The topological polar surface area (TPSA) is 41.1 Å². The third-order valence-electron chi connectivity index (χ3n) is 3.80. The second kappa shape index (κ2) is 5.93. The molecule has 1 aromatic rings. The molecule has 1 atom stereocenters. The minimum Gasteiger partial charge on any atom is -0.351 e. The second-order valence-corrected chi connectivity index (χ2v) is 6.20. The van der Waals surface area contributed by atoms with Gasteiger partial charge in [-0.2, -0.15) is 0 Å². The molecular formula is C15H21ClN2O. The van der Waals surface area contributed by atoms with Gasteiger partial charge in [-0.3, -0.25) is 4.79 Å². The molecule has 1 aromatic carbocycles. The molecule has 1 amide bonds. The zero-order chi connectivity index (χ0) is 13.9. The van der Waals surface area contributed by atoms with Crippen LogP contribution in [0.5, 0.6) is 0 Å². The van der Waals surface area contributed by atoms with Crippen LogP contribution >= 0.6 is 11.6 Å². The maximum absolute atomic E-state index is 12.3. The second-order valence-electron chi connectivity index (χ2n) is 5.79. The summed E-state index contributed by atoms with van der Waals surface area (Å²) < 4.78 is 0. The Morgan fingerprint density at radius 1 is 1.47 bits per heavy atom. The Morgan fingerprint density at radius 2 is 2.21 bits per heavy atom. The number of amides is 1. The summed E-state index contributed by atoms with van der Waals surface area (Å²) >= 11 is 6.08. The molecule has 1 aliphatic heterocycles. The van der Waals surface area contributed by atoms with Gasteiger partial charge in [-0.15, -0.1) is 0 Å². The average Bonchev–Trinajstić information content (AvgIpc) is 2.37. The van der Waals surface area contributed by atoms with Crippen molar-refractivity contribution in [2.75, 3.05) is 6.54 Å². The predicted molar refractivity (Wildman–Crippen MR) is 78.1 cm³/mol.